The number of rotatable bonds is 4. The topological polar surface area (TPSA) is 59.3 Å². The summed E-state index contributed by atoms with van der Waals surface area (Å²) >= 11 is 0. The Morgan fingerprint density at radius 1 is 1.26 bits per heavy atom. The van der Waals surface area contributed by atoms with E-state index < -0.39 is 0 Å². The molecule has 0 aliphatic rings. The number of amides is 1. The van der Waals surface area contributed by atoms with E-state index in [2.05, 4.69) is 46.6 Å². The van der Waals surface area contributed by atoms with Crippen LogP contribution in [0.2, 0.25) is 0 Å². The fourth-order valence-electron chi connectivity index (χ4n) is 2.52. The summed E-state index contributed by atoms with van der Waals surface area (Å²) < 4.78 is 1.61. The lowest BCUT2D eigenvalue weighted by Crippen LogP contribution is -2.26. The maximum atomic E-state index is 12.5. The van der Waals surface area contributed by atoms with Crippen LogP contribution in [0.3, 0.4) is 0 Å². The van der Waals surface area contributed by atoms with Crippen molar-refractivity contribution in [2.24, 2.45) is 0 Å². The molecule has 1 aromatic carbocycles. The Hall–Kier alpha value is -2.69. The first-order chi connectivity index (χ1) is 11.1. The van der Waals surface area contributed by atoms with E-state index >= 15 is 0 Å². The van der Waals surface area contributed by atoms with E-state index in [0.717, 1.165) is 17.7 Å². The minimum atomic E-state index is -0.162. The van der Waals surface area contributed by atoms with Crippen LogP contribution in [0.15, 0.2) is 42.7 Å². The number of fused-ring (bicyclic) bond motifs is 1. The molecule has 5 heteroatoms. The fraction of sp³-hybridized carbons (Fsp3) is 0.278. The van der Waals surface area contributed by atoms with Gasteiger partial charge in [0.2, 0.25) is 0 Å². The number of hydrogen-bond donors (Lipinski definition) is 1. The number of aryl methyl sites for hydroxylation is 2. The number of nitrogens with one attached hydrogen (secondary N) is 1. The molecule has 5 nitrogen and oxygen atoms in total. The summed E-state index contributed by atoms with van der Waals surface area (Å²) in [5.41, 5.74) is 4.29. The molecule has 0 fully saturated rings. The van der Waals surface area contributed by atoms with Crippen molar-refractivity contribution in [2.45, 2.75) is 33.2 Å². The van der Waals surface area contributed by atoms with Crippen LogP contribution in [-0.4, -0.2) is 20.5 Å². The van der Waals surface area contributed by atoms with Gasteiger partial charge < -0.3 is 5.32 Å². The molecule has 0 radical (unpaired) electrons. The monoisotopic (exact) mass is 308 g/mol. The predicted octanol–water partition coefficient (Wildman–Crippen LogP) is 3.09. The van der Waals surface area contributed by atoms with Crippen molar-refractivity contribution < 1.29 is 4.79 Å². The molecule has 1 unspecified atom stereocenters. The summed E-state index contributed by atoms with van der Waals surface area (Å²) in [7, 11) is 0. The summed E-state index contributed by atoms with van der Waals surface area (Å²) in [6.07, 6.45) is 4.37. The smallest absolute Gasteiger partial charge is 0.257 e. The van der Waals surface area contributed by atoms with E-state index in [-0.39, 0.29) is 11.9 Å². The Morgan fingerprint density at radius 2 is 2.00 bits per heavy atom. The van der Waals surface area contributed by atoms with Crippen LogP contribution < -0.4 is 5.32 Å². The molecule has 118 valence electrons. The number of carbonyl (C=O) groups excluding carboxylic acids is 1. The van der Waals surface area contributed by atoms with Gasteiger partial charge in [-0.3, -0.25) is 4.79 Å². The zero-order valence-corrected chi connectivity index (χ0v) is 13.6. The second kappa shape index (κ2) is 6.20. The Kier molecular flexibility index (Phi) is 4.10. The molecule has 0 spiro atoms. The van der Waals surface area contributed by atoms with Gasteiger partial charge in [-0.1, -0.05) is 31.2 Å². The predicted molar refractivity (Wildman–Crippen MR) is 89.4 cm³/mol. The van der Waals surface area contributed by atoms with Gasteiger partial charge >= 0.3 is 0 Å². The number of nitrogens with zero attached hydrogens (tertiary/aromatic N) is 3. The highest BCUT2D eigenvalue weighted by Gasteiger charge is 2.16. The number of carbonyl (C=O) groups is 1. The number of aromatic nitrogens is 3. The van der Waals surface area contributed by atoms with Crippen LogP contribution >= 0.6 is 0 Å². The molecule has 3 aromatic rings. The van der Waals surface area contributed by atoms with Crippen LogP contribution in [0.25, 0.3) is 5.65 Å². The normalized spacial score (nSPS) is 12.3. The first kappa shape index (κ1) is 15.2. The van der Waals surface area contributed by atoms with Crippen LogP contribution in [0.4, 0.5) is 0 Å². The third kappa shape index (κ3) is 3.08. The highest BCUT2D eigenvalue weighted by molar-refractivity contribution is 5.99. The van der Waals surface area contributed by atoms with Crippen molar-refractivity contribution in [2.75, 3.05) is 0 Å². The Bertz CT molecular complexity index is 836. The molecule has 1 N–H and O–H groups in total. The SMILES string of the molecule is CCc1ccc(C(C)NC(=O)c2cnn3ccc(C)nc23)cc1. The van der Waals surface area contributed by atoms with Gasteiger partial charge in [0.05, 0.1) is 12.2 Å². The summed E-state index contributed by atoms with van der Waals surface area (Å²) in [4.78, 5) is 16.9. The molecule has 0 aliphatic heterocycles. The molecule has 0 bridgehead atoms. The van der Waals surface area contributed by atoms with Gasteiger partial charge in [0.15, 0.2) is 5.65 Å². The molecular formula is C18H20N4O. The van der Waals surface area contributed by atoms with Crippen LogP contribution in [-0.2, 0) is 6.42 Å². The average Bonchev–Trinajstić information content (AvgIpc) is 2.98. The lowest BCUT2D eigenvalue weighted by Gasteiger charge is -2.14. The Labute approximate surface area is 135 Å². The molecule has 0 saturated carbocycles. The summed E-state index contributed by atoms with van der Waals surface area (Å²) in [6, 6.07) is 10.1. The minimum Gasteiger partial charge on any atom is -0.345 e. The summed E-state index contributed by atoms with van der Waals surface area (Å²) in [5, 5.41) is 7.19. The molecule has 2 heterocycles. The van der Waals surface area contributed by atoms with Crippen molar-refractivity contribution in [3.8, 4) is 0 Å². The van der Waals surface area contributed by atoms with E-state index in [9.17, 15) is 4.79 Å². The van der Waals surface area contributed by atoms with Crippen molar-refractivity contribution in [3.63, 3.8) is 0 Å². The molecule has 0 aliphatic carbocycles. The van der Waals surface area contributed by atoms with Gasteiger partial charge in [0, 0.05) is 11.9 Å². The van der Waals surface area contributed by atoms with Crippen molar-refractivity contribution in [1.29, 1.82) is 0 Å². The first-order valence-corrected chi connectivity index (χ1v) is 7.79. The first-order valence-electron chi connectivity index (χ1n) is 7.79. The largest absolute Gasteiger partial charge is 0.345 e. The highest BCUT2D eigenvalue weighted by Crippen LogP contribution is 2.16. The summed E-state index contributed by atoms with van der Waals surface area (Å²) in [6.45, 7) is 6.00. The third-order valence-corrected chi connectivity index (χ3v) is 3.99. The second-order valence-corrected chi connectivity index (χ2v) is 5.69. The highest BCUT2D eigenvalue weighted by atomic mass is 16.1. The summed E-state index contributed by atoms with van der Waals surface area (Å²) in [5.74, 6) is -0.162. The van der Waals surface area contributed by atoms with Crippen LogP contribution in [0.5, 0.6) is 0 Å². The number of benzene rings is 1. The third-order valence-electron chi connectivity index (χ3n) is 3.99. The van der Waals surface area contributed by atoms with E-state index in [1.165, 1.54) is 5.56 Å². The average molecular weight is 308 g/mol. The van der Waals surface area contributed by atoms with Gasteiger partial charge in [-0.25, -0.2) is 9.50 Å². The van der Waals surface area contributed by atoms with E-state index in [0.29, 0.717) is 11.2 Å². The Balaban J connectivity index is 1.80. The molecule has 23 heavy (non-hydrogen) atoms. The fourth-order valence-corrected chi connectivity index (χ4v) is 2.52. The lowest BCUT2D eigenvalue weighted by molar-refractivity contribution is 0.0941. The molecule has 3 rings (SSSR count). The van der Waals surface area contributed by atoms with Gasteiger partial charge in [-0.15, -0.1) is 0 Å². The molecule has 0 saturated heterocycles. The van der Waals surface area contributed by atoms with E-state index in [4.69, 9.17) is 0 Å². The van der Waals surface area contributed by atoms with Gasteiger partial charge in [-0.2, -0.15) is 5.10 Å². The minimum absolute atomic E-state index is 0.0758. The van der Waals surface area contributed by atoms with Crippen molar-refractivity contribution in [3.05, 3.63) is 65.1 Å². The molecule has 1 amide bonds. The van der Waals surface area contributed by atoms with Gasteiger partial charge in [0.1, 0.15) is 5.56 Å². The van der Waals surface area contributed by atoms with Gasteiger partial charge in [0.25, 0.3) is 5.91 Å². The van der Waals surface area contributed by atoms with E-state index in [1.54, 1.807) is 16.9 Å². The van der Waals surface area contributed by atoms with Crippen LogP contribution in [0.1, 0.15) is 47.1 Å². The van der Waals surface area contributed by atoms with Crippen molar-refractivity contribution >= 4 is 11.6 Å². The zero-order valence-electron chi connectivity index (χ0n) is 13.6. The maximum Gasteiger partial charge on any atom is 0.257 e. The quantitative estimate of drug-likeness (QED) is 0.805. The van der Waals surface area contributed by atoms with Crippen molar-refractivity contribution in [1.82, 2.24) is 19.9 Å². The molecule has 2 aromatic heterocycles. The zero-order chi connectivity index (χ0) is 16.4. The van der Waals surface area contributed by atoms with Gasteiger partial charge in [-0.05, 0) is 37.5 Å². The van der Waals surface area contributed by atoms with Crippen LogP contribution in [0, 0.1) is 6.92 Å². The standard InChI is InChI=1S/C18H20N4O/c1-4-14-5-7-15(8-6-14)13(3)21-18(23)16-11-19-22-10-9-12(2)20-17(16)22/h5-11,13H,4H2,1-3H3,(H,21,23). The lowest BCUT2D eigenvalue weighted by atomic mass is 10.0. The number of hydrogen-bond acceptors (Lipinski definition) is 3. The molecular weight excluding hydrogens is 288 g/mol. The Morgan fingerprint density at radius 3 is 2.70 bits per heavy atom. The second-order valence-electron chi connectivity index (χ2n) is 5.69. The maximum absolute atomic E-state index is 12.5. The molecule has 1 atom stereocenters. The van der Waals surface area contributed by atoms with E-state index in [1.807, 2.05) is 19.9 Å².